The number of amides is 3. The van der Waals surface area contributed by atoms with E-state index in [0.717, 1.165) is 17.2 Å². The van der Waals surface area contributed by atoms with Crippen molar-refractivity contribution in [3.05, 3.63) is 63.5 Å². The molecule has 3 amide bonds. The molecule has 1 unspecified atom stereocenters. The van der Waals surface area contributed by atoms with Crippen molar-refractivity contribution >= 4 is 46.2 Å². The minimum atomic E-state index is -4.68. The minimum Gasteiger partial charge on any atom is -0.443 e. The Hall–Kier alpha value is -3.49. The highest BCUT2D eigenvalue weighted by Gasteiger charge is 2.36. The summed E-state index contributed by atoms with van der Waals surface area (Å²) in [6.07, 6.45) is -4.78. The number of hydrogen-bond acceptors (Lipinski definition) is 6. The lowest BCUT2D eigenvalue weighted by Gasteiger charge is -2.23. The van der Waals surface area contributed by atoms with Crippen molar-refractivity contribution < 1.29 is 36.5 Å². The Morgan fingerprint density at radius 2 is 1.68 bits per heavy atom. The Morgan fingerprint density at radius 1 is 1.07 bits per heavy atom. The lowest BCUT2D eigenvalue weighted by molar-refractivity contribution is -0.137. The summed E-state index contributed by atoms with van der Waals surface area (Å²) < 4.78 is 56.6. The number of halogens is 4. The summed E-state index contributed by atoms with van der Waals surface area (Å²) in [6.45, 7) is 5.32. The molecule has 0 spiro atoms. The molecule has 3 N–H and O–H groups in total. The summed E-state index contributed by atoms with van der Waals surface area (Å²) in [5, 5.41) is 7.93. The second kappa shape index (κ2) is 11.4. The third kappa shape index (κ3) is 6.88. The van der Waals surface area contributed by atoms with Gasteiger partial charge in [0.2, 0.25) is 5.91 Å². The van der Waals surface area contributed by atoms with Crippen LogP contribution in [0.5, 0.6) is 0 Å². The van der Waals surface area contributed by atoms with E-state index >= 15 is 0 Å². The van der Waals surface area contributed by atoms with Crippen LogP contribution >= 0.6 is 11.6 Å². The Labute approximate surface area is 241 Å². The van der Waals surface area contributed by atoms with E-state index in [0.29, 0.717) is 11.8 Å². The first-order chi connectivity index (χ1) is 19.0. The van der Waals surface area contributed by atoms with Crippen molar-refractivity contribution in [1.82, 2.24) is 14.8 Å². The maximum Gasteiger partial charge on any atom is 0.417 e. The van der Waals surface area contributed by atoms with Crippen molar-refractivity contribution in [1.29, 1.82) is 0 Å². The zero-order chi connectivity index (χ0) is 30.3. The molecule has 0 saturated heterocycles. The number of alkyl halides is 3. The van der Waals surface area contributed by atoms with Crippen LogP contribution in [0.1, 0.15) is 42.4 Å². The van der Waals surface area contributed by atoms with Gasteiger partial charge in [0.05, 0.1) is 21.2 Å². The maximum atomic E-state index is 13.2. The van der Waals surface area contributed by atoms with Gasteiger partial charge in [-0.25, -0.2) is 14.1 Å². The first-order valence-corrected chi connectivity index (χ1v) is 13.9. The van der Waals surface area contributed by atoms with Crippen molar-refractivity contribution in [3.63, 3.8) is 0 Å². The average molecular weight is 614 g/mol. The lowest BCUT2D eigenvalue weighted by Crippen LogP contribution is -2.36. The monoisotopic (exact) mass is 613 g/mol. The van der Waals surface area contributed by atoms with Gasteiger partial charge in [0.25, 0.3) is 5.91 Å². The van der Waals surface area contributed by atoms with Gasteiger partial charge in [-0.1, -0.05) is 32.4 Å². The molecule has 0 fully saturated rings. The van der Waals surface area contributed by atoms with Crippen LogP contribution in [0.3, 0.4) is 0 Å². The molecule has 2 aliphatic heterocycles. The molecular weight excluding hydrogens is 587 g/mol. The van der Waals surface area contributed by atoms with E-state index < -0.39 is 46.7 Å². The number of pyridine rings is 1. The SMILES string of the molecule is CC(C)(C)C(=O)Nc1cc(C(F)(F)F)cnc1COC(=O)N1CC2=C(C1)CN(C(=O)c1ccc(S(N)=O)c(Cl)c1)C2. The van der Waals surface area contributed by atoms with Gasteiger partial charge in [0.1, 0.15) is 23.3 Å². The number of carbonyl (C=O) groups is 3. The Bertz CT molecular complexity index is 1460. The number of aromatic nitrogens is 1. The fraction of sp³-hybridized carbons (Fsp3) is 0.385. The molecule has 1 aromatic heterocycles. The third-order valence-electron chi connectivity index (χ3n) is 6.53. The van der Waals surface area contributed by atoms with Gasteiger partial charge in [-0.15, -0.1) is 0 Å². The first-order valence-electron chi connectivity index (χ1n) is 12.3. The molecule has 0 radical (unpaired) electrons. The second-order valence-corrected chi connectivity index (χ2v) is 12.1. The number of nitrogens with two attached hydrogens (primary N) is 1. The molecule has 2 aliphatic rings. The lowest BCUT2D eigenvalue weighted by atomic mass is 9.95. The number of ether oxygens (including phenoxy) is 1. The highest BCUT2D eigenvalue weighted by atomic mass is 35.5. The van der Waals surface area contributed by atoms with Crippen LogP contribution in [0.15, 0.2) is 46.5 Å². The van der Waals surface area contributed by atoms with Crippen molar-refractivity contribution in [2.45, 2.75) is 38.4 Å². The zero-order valence-electron chi connectivity index (χ0n) is 22.3. The van der Waals surface area contributed by atoms with Crippen LogP contribution in [0, 0.1) is 5.41 Å². The van der Waals surface area contributed by atoms with E-state index in [1.54, 1.807) is 25.7 Å². The molecule has 4 rings (SSSR count). The van der Waals surface area contributed by atoms with Gasteiger partial charge in [-0.3, -0.25) is 14.6 Å². The Kier molecular flexibility index (Phi) is 8.48. The van der Waals surface area contributed by atoms with E-state index in [9.17, 15) is 31.8 Å². The van der Waals surface area contributed by atoms with Gasteiger partial charge in [0.15, 0.2) is 0 Å². The number of carbonyl (C=O) groups excluding carboxylic acids is 3. The predicted molar refractivity (Wildman–Crippen MR) is 144 cm³/mol. The number of nitrogens with one attached hydrogen (secondary N) is 1. The molecule has 3 heterocycles. The molecule has 1 atom stereocenters. The Balaban J connectivity index is 1.37. The standard InChI is InChI=1S/C26H27ClF3N5O5S/c1-25(2,3)23(37)33-19-7-17(26(28,29)30)8-32-20(19)13-40-24(38)35-11-15-9-34(10-16(15)12-35)22(36)14-4-5-21(41(31)39)18(27)6-14/h4-8H,9-13,31H2,1-3H3,(H,33,37). The second-order valence-electron chi connectivity index (χ2n) is 10.6. The highest BCUT2D eigenvalue weighted by molar-refractivity contribution is 7.82. The fourth-order valence-electron chi connectivity index (χ4n) is 4.24. The summed E-state index contributed by atoms with van der Waals surface area (Å²) in [5.74, 6) is -0.818. The molecule has 0 bridgehead atoms. The molecule has 0 aliphatic carbocycles. The number of hydrogen-bond donors (Lipinski definition) is 2. The molecule has 10 nitrogen and oxygen atoms in total. The summed E-state index contributed by atoms with van der Waals surface area (Å²) in [4.78, 5) is 45.2. The first kappa shape index (κ1) is 30.5. The number of nitrogens with zero attached hydrogens (tertiary/aromatic N) is 3. The quantitative estimate of drug-likeness (QED) is 0.487. The number of benzene rings is 1. The Morgan fingerprint density at radius 3 is 2.22 bits per heavy atom. The normalized spacial score (nSPS) is 16.1. The minimum absolute atomic E-state index is 0.0384. The number of anilines is 1. The molecular formula is C26H27ClF3N5O5S. The van der Waals surface area contributed by atoms with Crippen molar-refractivity contribution in [2.24, 2.45) is 10.6 Å². The molecule has 2 aromatic rings. The summed E-state index contributed by atoms with van der Waals surface area (Å²) in [7, 11) is -1.79. The average Bonchev–Trinajstić information content (AvgIpc) is 3.45. The van der Waals surface area contributed by atoms with Crippen LogP contribution in [-0.2, 0) is 33.3 Å². The topological polar surface area (TPSA) is 135 Å². The van der Waals surface area contributed by atoms with Crippen LogP contribution in [-0.4, -0.2) is 63.1 Å². The van der Waals surface area contributed by atoms with Crippen molar-refractivity contribution in [2.75, 3.05) is 31.5 Å². The largest absolute Gasteiger partial charge is 0.443 e. The highest BCUT2D eigenvalue weighted by Crippen LogP contribution is 2.33. The van der Waals surface area contributed by atoms with Gasteiger partial charge in [0, 0.05) is 43.4 Å². The number of rotatable bonds is 5. The molecule has 1 aromatic carbocycles. The molecule has 15 heteroatoms. The van der Waals surface area contributed by atoms with Gasteiger partial charge in [-0.2, -0.15) is 13.2 Å². The van der Waals surface area contributed by atoms with Gasteiger partial charge in [-0.05, 0) is 35.4 Å². The van der Waals surface area contributed by atoms with Crippen molar-refractivity contribution in [3.8, 4) is 0 Å². The fourth-order valence-corrected chi connectivity index (χ4v) is 5.10. The van der Waals surface area contributed by atoms with Crippen LogP contribution < -0.4 is 10.5 Å². The maximum absolute atomic E-state index is 13.2. The summed E-state index contributed by atoms with van der Waals surface area (Å²) in [6, 6.07) is 5.10. The molecule has 220 valence electrons. The summed E-state index contributed by atoms with van der Waals surface area (Å²) in [5.41, 5.74) is -0.139. The van der Waals surface area contributed by atoms with E-state index in [1.807, 2.05) is 0 Å². The van der Waals surface area contributed by atoms with E-state index in [4.69, 9.17) is 21.5 Å². The van der Waals surface area contributed by atoms with Crippen LogP contribution in [0.25, 0.3) is 0 Å². The third-order valence-corrected chi connectivity index (χ3v) is 7.74. The smallest absolute Gasteiger partial charge is 0.417 e. The van der Waals surface area contributed by atoms with Gasteiger partial charge < -0.3 is 19.9 Å². The van der Waals surface area contributed by atoms with E-state index in [-0.39, 0.29) is 53.4 Å². The zero-order valence-corrected chi connectivity index (χ0v) is 23.9. The van der Waals surface area contributed by atoms with Gasteiger partial charge >= 0.3 is 12.3 Å². The van der Waals surface area contributed by atoms with E-state index in [1.165, 1.54) is 23.1 Å². The van der Waals surface area contributed by atoms with E-state index in [2.05, 4.69) is 10.3 Å². The molecule has 0 saturated carbocycles. The summed E-state index contributed by atoms with van der Waals surface area (Å²) >= 11 is 6.09. The van der Waals surface area contributed by atoms with Crippen LogP contribution in [0.4, 0.5) is 23.7 Å². The van der Waals surface area contributed by atoms with Crippen LogP contribution in [0.2, 0.25) is 5.02 Å². The predicted octanol–water partition coefficient (Wildman–Crippen LogP) is 4.12. The molecule has 41 heavy (non-hydrogen) atoms.